The summed E-state index contributed by atoms with van der Waals surface area (Å²) in [5.74, 6) is -0.997. The van der Waals surface area contributed by atoms with Crippen LogP contribution in [0.2, 0.25) is 0 Å². The van der Waals surface area contributed by atoms with E-state index in [9.17, 15) is 9.59 Å². The van der Waals surface area contributed by atoms with Crippen molar-refractivity contribution >= 4 is 29.0 Å². The van der Waals surface area contributed by atoms with Crippen LogP contribution < -0.4 is 10.6 Å². The van der Waals surface area contributed by atoms with Crippen LogP contribution >= 0.6 is 11.3 Å². The van der Waals surface area contributed by atoms with E-state index in [0.717, 1.165) is 10.7 Å². The lowest BCUT2D eigenvalue weighted by atomic mass is 10.5. The third-order valence-corrected chi connectivity index (χ3v) is 3.22. The van der Waals surface area contributed by atoms with Gasteiger partial charge in [0.15, 0.2) is 0 Å². The van der Waals surface area contributed by atoms with Crippen molar-refractivity contribution in [1.29, 1.82) is 0 Å². The van der Waals surface area contributed by atoms with Gasteiger partial charge in [-0.3, -0.25) is 9.48 Å². The fraction of sp³-hybridized carbons (Fsp3) is 0.273. The standard InChI is InChI=1S/C11H13N5O3S/c1-7-6-20-9(14-7)3-12-11(19)15-8-2-13-16(4-8)5-10(17)18/h2,4,6H,3,5H2,1H3,(H,17,18)(H2,12,15,19). The van der Waals surface area contributed by atoms with Crippen molar-refractivity contribution in [3.63, 3.8) is 0 Å². The second-order valence-electron chi connectivity index (χ2n) is 4.01. The molecular formula is C11H13N5O3S. The highest BCUT2D eigenvalue weighted by Gasteiger charge is 2.07. The molecule has 0 unspecified atom stereocenters. The summed E-state index contributed by atoms with van der Waals surface area (Å²) in [6.45, 7) is 1.98. The molecule has 0 aliphatic heterocycles. The summed E-state index contributed by atoms with van der Waals surface area (Å²) in [6, 6.07) is -0.396. The van der Waals surface area contributed by atoms with Crippen molar-refractivity contribution in [3.05, 3.63) is 28.5 Å². The van der Waals surface area contributed by atoms with Gasteiger partial charge in [-0.2, -0.15) is 5.10 Å². The summed E-state index contributed by atoms with van der Waals surface area (Å²) < 4.78 is 1.22. The van der Waals surface area contributed by atoms with Gasteiger partial charge < -0.3 is 15.7 Å². The molecule has 106 valence electrons. The molecule has 8 nitrogen and oxygen atoms in total. The van der Waals surface area contributed by atoms with Gasteiger partial charge in [-0.05, 0) is 6.92 Å². The van der Waals surface area contributed by atoms with E-state index in [0.29, 0.717) is 12.2 Å². The van der Waals surface area contributed by atoms with Crippen molar-refractivity contribution in [1.82, 2.24) is 20.1 Å². The van der Waals surface area contributed by atoms with Gasteiger partial charge in [0, 0.05) is 17.3 Å². The highest BCUT2D eigenvalue weighted by Crippen LogP contribution is 2.08. The zero-order valence-electron chi connectivity index (χ0n) is 10.7. The Bertz CT molecular complexity index is 621. The Morgan fingerprint density at radius 2 is 2.30 bits per heavy atom. The zero-order chi connectivity index (χ0) is 14.5. The molecule has 3 N–H and O–H groups in total. The molecule has 9 heteroatoms. The molecule has 0 aliphatic rings. The Balaban J connectivity index is 1.82. The molecule has 2 amide bonds. The van der Waals surface area contributed by atoms with Gasteiger partial charge in [0.1, 0.15) is 11.6 Å². The fourth-order valence-electron chi connectivity index (χ4n) is 1.47. The lowest BCUT2D eigenvalue weighted by Crippen LogP contribution is -2.28. The molecule has 0 bridgehead atoms. The summed E-state index contributed by atoms with van der Waals surface area (Å²) in [5.41, 5.74) is 1.35. The number of carbonyl (C=O) groups excluding carboxylic acids is 1. The highest BCUT2D eigenvalue weighted by molar-refractivity contribution is 7.09. The van der Waals surface area contributed by atoms with Crippen molar-refractivity contribution < 1.29 is 14.7 Å². The molecule has 0 saturated heterocycles. The second kappa shape index (κ2) is 6.15. The smallest absolute Gasteiger partial charge is 0.325 e. The normalized spacial score (nSPS) is 10.2. The summed E-state index contributed by atoms with van der Waals surface area (Å²) in [5, 5.41) is 20.4. The zero-order valence-corrected chi connectivity index (χ0v) is 11.5. The quantitative estimate of drug-likeness (QED) is 0.764. The molecule has 0 spiro atoms. The molecule has 20 heavy (non-hydrogen) atoms. The number of thiazole rings is 1. The van der Waals surface area contributed by atoms with Crippen LogP contribution in [-0.4, -0.2) is 31.9 Å². The van der Waals surface area contributed by atoms with E-state index in [1.165, 1.54) is 28.4 Å². The molecule has 0 aliphatic carbocycles. The Morgan fingerprint density at radius 1 is 1.50 bits per heavy atom. The van der Waals surface area contributed by atoms with Crippen LogP contribution in [0.4, 0.5) is 10.5 Å². The maximum absolute atomic E-state index is 11.6. The Labute approximate surface area is 118 Å². The molecule has 2 heterocycles. The Morgan fingerprint density at radius 3 is 2.95 bits per heavy atom. The Kier molecular flexibility index (Phi) is 4.31. The highest BCUT2D eigenvalue weighted by atomic mass is 32.1. The average molecular weight is 295 g/mol. The van der Waals surface area contributed by atoms with Gasteiger partial charge in [-0.1, -0.05) is 0 Å². The molecular weight excluding hydrogens is 282 g/mol. The van der Waals surface area contributed by atoms with E-state index in [1.54, 1.807) is 0 Å². The first-order chi connectivity index (χ1) is 9.52. The third kappa shape index (κ3) is 4.05. The predicted octanol–water partition coefficient (Wildman–Crippen LogP) is 1.05. The van der Waals surface area contributed by atoms with Gasteiger partial charge >= 0.3 is 12.0 Å². The van der Waals surface area contributed by atoms with Gasteiger partial charge in [0.25, 0.3) is 0 Å². The number of aliphatic carboxylic acids is 1. The number of urea groups is 1. The van der Waals surface area contributed by atoms with Crippen LogP contribution in [0.1, 0.15) is 10.7 Å². The average Bonchev–Trinajstić information content (AvgIpc) is 2.95. The van der Waals surface area contributed by atoms with Crippen molar-refractivity contribution in [2.75, 3.05) is 5.32 Å². The maximum Gasteiger partial charge on any atom is 0.325 e. The number of carboxylic acid groups (broad SMARTS) is 1. The topological polar surface area (TPSA) is 109 Å². The lowest BCUT2D eigenvalue weighted by molar-refractivity contribution is -0.137. The van der Waals surface area contributed by atoms with Crippen LogP contribution in [0, 0.1) is 6.92 Å². The van der Waals surface area contributed by atoms with Crippen molar-refractivity contribution in [2.24, 2.45) is 0 Å². The van der Waals surface area contributed by atoms with Crippen LogP contribution in [0.25, 0.3) is 0 Å². The van der Waals surface area contributed by atoms with Crippen LogP contribution in [-0.2, 0) is 17.9 Å². The maximum atomic E-state index is 11.6. The van der Waals surface area contributed by atoms with Crippen molar-refractivity contribution in [2.45, 2.75) is 20.0 Å². The number of aryl methyl sites for hydroxylation is 1. The minimum atomic E-state index is -0.997. The van der Waals surface area contributed by atoms with Crippen LogP contribution in [0.15, 0.2) is 17.8 Å². The van der Waals surface area contributed by atoms with Crippen molar-refractivity contribution in [3.8, 4) is 0 Å². The van der Waals surface area contributed by atoms with E-state index in [-0.39, 0.29) is 6.54 Å². The van der Waals surface area contributed by atoms with E-state index in [2.05, 4.69) is 20.7 Å². The Hall–Kier alpha value is -2.42. The summed E-state index contributed by atoms with van der Waals surface area (Å²) in [7, 11) is 0. The fourth-order valence-corrected chi connectivity index (χ4v) is 2.18. The summed E-state index contributed by atoms with van der Waals surface area (Å²) >= 11 is 1.47. The number of carbonyl (C=O) groups is 2. The number of hydrogen-bond acceptors (Lipinski definition) is 5. The summed E-state index contributed by atoms with van der Waals surface area (Å²) in [6.07, 6.45) is 2.83. The van der Waals surface area contributed by atoms with Gasteiger partial charge in [-0.25, -0.2) is 9.78 Å². The molecule has 0 atom stereocenters. The van der Waals surface area contributed by atoms with Crippen LogP contribution in [0.3, 0.4) is 0 Å². The molecule has 2 aromatic heterocycles. The molecule has 0 radical (unpaired) electrons. The SMILES string of the molecule is Cc1csc(CNC(=O)Nc2cnn(CC(=O)O)c2)n1. The second-order valence-corrected chi connectivity index (χ2v) is 4.95. The molecule has 0 fully saturated rings. The minimum absolute atomic E-state index is 0.248. The first kappa shape index (κ1) is 14.0. The van der Waals surface area contributed by atoms with E-state index < -0.39 is 12.0 Å². The molecule has 0 saturated carbocycles. The first-order valence-electron chi connectivity index (χ1n) is 5.73. The number of anilines is 1. The number of rotatable bonds is 5. The minimum Gasteiger partial charge on any atom is -0.480 e. The van der Waals surface area contributed by atoms with E-state index >= 15 is 0 Å². The van der Waals surface area contributed by atoms with Crippen LogP contribution in [0.5, 0.6) is 0 Å². The largest absolute Gasteiger partial charge is 0.480 e. The van der Waals surface area contributed by atoms with Gasteiger partial charge in [0.2, 0.25) is 0 Å². The third-order valence-electron chi connectivity index (χ3n) is 2.26. The first-order valence-corrected chi connectivity index (χ1v) is 6.61. The number of amides is 2. The monoisotopic (exact) mass is 295 g/mol. The summed E-state index contributed by atoms with van der Waals surface area (Å²) in [4.78, 5) is 26.3. The number of nitrogens with one attached hydrogen (secondary N) is 2. The van der Waals surface area contributed by atoms with E-state index in [1.807, 2.05) is 12.3 Å². The molecule has 2 aromatic rings. The van der Waals surface area contributed by atoms with Gasteiger partial charge in [-0.15, -0.1) is 11.3 Å². The molecule has 2 rings (SSSR count). The predicted molar refractivity (Wildman–Crippen MR) is 72.6 cm³/mol. The number of carboxylic acids is 1. The van der Waals surface area contributed by atoms with E-state index in [4.69, 9.17) is 5.11 Å². The van der Waals surface area contributed by atoms with Gasteiger partial charge in [0.05, 0.1) is 18.4 Å². The lowest BCUT2D eigenvalue weighted by Gasteiger charge is -2.03. The number of aromatic nitrogens is 3. The number of hydrogen-bond donors (Lipinski definition) is 3. The number of nitrogens with zero attached hydrogens (tertiary/aromatic N) is 3. The molecule has 0 aromatic carbocycles.